The van der Waals surface area contributed by atoms with Crippen LogP contribution in [0.3, 0.4) is 0 Å². The van der Waals surface area contributed by atoms with Crippen LogP contribution in [0.25, 0.3) is 0 Å². The molecule has 0 bridgehead atoms. The van der Waals surface area contributed by atoms with Crippen LogP contribution >= 0.6 is 11.8 Å². The lowest BCUT2D eigenvalue weighted by Crippen LogP contribution is -2.09. The van der Waals surface area contributed by atoms with Gasteiger partial charge < -0.3 is 5.11 Å². The Morgan fingerprint density at radius 1 is 1.38 bits per heavy atom. The Bertz CT molecular complexity index is 356. The van der Waals surface area contributed by atoms with Crippen LogP contribution in [-0.2, 0) is 13.7 Å². The Morgan fingerprint density at radius 2 is 2.06 bits per heavy atom. The van der Waals surface area contributed by atoms with Gasteiger partial charge in [-0.1, -0.05) is 19.3 Å². The first-order chi connectivity index (χ1) is 7.72. The van der Waals surface area contributed by atoms with E-state index >= 15 is 0 Å². The van der Waals surface area contributed by atoms with E-state index < -0.39 is 0 Å². The molecule has 0 radical (unpaired) electrons. The molecular weight excluding hydrogens is 220 g/mol. The van der Waals surface area contributed by atoms with Crippen molar-refractivity contribution in [1.82, 2.24) is 9.78 Å². The molecule has 1 heterocycles. The third-order valence-corrected chi connectivity index (χ3v) is 4.82. The molecule has 1 aromatic rings. The highest BCUT2D eigenvalue weighted by Gasteiger charge is 2.20. The van der Waals surface area contributed by atoms with E-state index in [1.807, 2.05) is 30.4 Å². The van der Waals surface area contributed by atoms with Crippen LogP contribution in [0.4, 0.5) is 0 Å². The normalized spacial score (nSPS) is 17.9. The first kappa shape index (κ1) is 12.0. The lowest BCUT2D eigenvalue weighted by molar-refractivity contribution is 0.277. The fourth-order valence-corrected chi connectivity index (χ4v) is 3.78. The third kappa shape index (κ3) is 2.43. The number of thioether (sulfide) groups is 1. The maximum absolute atomic E-state index is 9.38. The Morgan fingerprint density at radius 3 is 2.69 bits per heavy atom. The van der Waals surface area contributed by atoms with Crippen molar-refractivity contribution in [2.24, 2.45) is 7.05 Å². The van der Waals surface area contributed by atoms with Crippen LogP contribution < -0.4 is 0 Å². The molecule has 1 N–H and O–H groups in total. The maximum Gasteiger partial charge on any atom is 0.0997 e. The second-order valence-electron chi connectivity index (χ2n) is 4.53. The number of aliphatic hydroxyl groups excluding tert-OH is 1. The second-order valence-corrected chi connectivity index (χ2v) is 5.82. The molecule has 1 aliphatic carbocycles. The number of aliphatic hydroxyl groups is 1. The summed E-state index contributed by atoms with van der Waals surface area (Å²) in [6.07, 6.45) is 6.69. The summed E-state index contributed by atoms with van der Waals surface area (Å²) in [6.45, 7) is 2.07. The highest BCUT2D eigenvalue weighted by molar-refractivity contribution is 7.99. The quantitative estimate of drug-likeness (QED) is 0.882. The van der Waals surface area contributed by atoms with Crippen LogP contribution in [0.5, 0.6) is 0 Å². The zero-order chi connectivity index (χ0) is 11.5. The minimum atomic E-state index is 0.106. The van der Waals surface area contributed by atoms with Gasteiger partial charge in [0.1, 0.15) is 0 Å². The van der Waals surface area contributed by atoms with E-state index in [2.05, 4.69) is 5.10 Å². The molecule has 2 rings (SSSR count). The Balaban J connectivity index is 2.13. The number of hydrogen-bond acceptors (Lipinski definition) is 3. The molecule has 0 amide bonds. The number of nitrogens with zero attached hydrogens (tertiary/aromatic N) is 2. The van der Waals surface area contributed by atoms with Crippen molar-refractivity contribution in [1.29, 1.82) is 0 Å². The van der Waals surface area contributed by atoms with Crippen molar-refractivity contribution in [2.45, 2.75) is 55.9 Å². The highest BCUT2D eigenvalue weighted by Crippen LogP contribution is 2.35. The van der Waals surface area contributed by atoms with E-state index in [9.17, 15) is 5.11 Å². The topological polar surface area (TPSA) is 38.0 Å². The van der Waals surface area contributed by atoms with Crippen LogP contribution in [-0.4, -0.2) is 20.1 Å². The zero-order valence-electron chi connectivity index (χ0n) is 10.1. The molecule has 0 saturated heterocycles. The minimum absolute atomic E-state index is 0.106. The molecule has 0 aliphatic heterocycles. The van der Waals surface area contributed by atoms with E-state index in [1.165, 1.54) is 32.1 Å². The fraction of sp³-hybridized carbons (Fsp3) is 0.750. The standard InChI is InChI=1S/C12H20N2OS/c1-9-11(8-15)12(14(2)13-9)16-10-6-4-3-5-7-10/h10,15H,3-8H2,1-2H3. The summed E-state index contributed by atoms with van der Waals surface area (Å²) in [5.41, 5.74) is 1.97. The molecular formula is C12H20N2OS. The summed E-state index contributed by atoms with van der Waals surface area (Å²) in [7, 11) is 1.97. The number of aryl methyl sites for hydroxylation is 2. The molecule has 3 nitrogen and oxygen atoms in total. The van der Waals surface area contributed by atoms with Gasteiger partial charge in [-0.2, -0.15) is 5.10 Å². The van der Waals surface area contributed by atoms with Gasteiger partial charge in [-0.15, -0.1) is 11.8 Å². The van der Waals surface area contributed by atoms with Crippen LogP contribution in [0.15, 0.2) is 5.03 Å². The molecule has 1 fully saturated rings. The molecule has 90 valence electrons. The lowest BCUT2D eigenvalue weighted by Gasteiger charge is -2.21. The van der Waals surface area contributed by atoms with Gasteiger partial charge in [-0.3, -0.25) is 4.68 Å². The van der Waals surface area contributed by atoms with Crippen molar-refractivity contribution >= 4 is 11.8 Å². The summed E-state index contributed by atoms with van der Waals surface area (Å²) >= 11 is 1.90. The summed E-state index contributed by atoms with van der Waals surface area (Å²) < 4.78 is 1.92. The molecule has 1 aromatic heterocycles. The van der Waals surface area contributed by atoms with E-state index in [0.29, 0.717) is 5.25 Å². The van der Waals surface area contributed by atoms with Crippen LogP contribution in [0, 0.1) is 6.92 Å². The second kappa shape index (κ2) is 5.23. The van der Waals surface area contributed by atoms with Gasteiger partial charge in [0, 0.05) is 17.9 Å². The van der Waals surface area contributed by atoms with E-state index in [-0.39, 0.29) is 6.61 Å². The van der Waals surface area contributed by atoms with Crippen molar-refractivity contribution in [3.05, 3.63) is 11.3 Å². The summed E-state index contributed by atoms with van der Waals surface area (Å²) in [5.74, 6) is 0. The highest BCUT2D eigenvalue weighted by atomic mass is 32.2. The molecule has 0 aromatic carbocycles. The fourth-order valence-electron chi connectivity index (χ4n) is 2.35. The van der Waals surface area contributed by atoms with Gasteiger partial charge in [-0.25, -0.2) is 0 Å². The minimum Gasteiger partial charge on any atom is -0.392 e. The average molecular weight is 240 g/mol. The molecule has 16 heavy (non-hydrogen) atoms. The molecule has 0 unspecified atom stereocenters. The Kier molecular flexibility index (Phi) is 3.92. The monoisotopic (exact) mass is 240 g/mol. The first-order valence-corrected chi connectivity index (χ1v) is 6.90. The number of rotatable bonds is 3. The lowest BCUT2D eigenvalue weighted by atomic mass is 10.0. The van der Waals surface area contributed by atoms with Crippen molar-refractivity contribution in [3.63, 3.8) is 0 Å². The summed E-state index contributed by atoms with van der Waals surface area (Å²) in [6, 6.07) is 0. The summed E-state index contributed by atoms with van der Waals surface area (Å²) in [4.78, 5) is 0. The van der Waals surface area contributed by atoms with Gasteiger partial charge in [0.15, 0.2) is 0 Å². The zero-order valence-corrected chi connectivity index (χ0v) is 10.9. The van der Waals surface area contributed by atoms with Gasteiger partial charge >= 0.3 is 0 Å². The Hall–Kier alpha value is -0.480. The molecule has 0 atom stereocenters. The van der Waals surface area contributed by atoms with Crippen LogP contribution in [0.1, 0.15) is 43.4 Å². The van der Waals surface area contributed by atoms with E-state index in [4.69, 9.17) is 0 Å². The SMILES string of the molecule is Cc1nn(C)c(SC2CCCCC2)c1CO. The first-order valence-electron chi connectivity index (χ1n) is 6.02. The van der Waals surface area contributed by atoms with E-state index in [0.717, 1.165) is 16.3 Å². The Labute approximate surface area is 101 Å². The van der Waals surface area contributed by atoms with Gasteiger partial charge in [0.05, 0.1) is 17.3 Å². The smallest absolute Gasteiger partial charge is 0.0997 e. The van der Waals surface area contributed by atoms with Crippen molar-refractivity contribution < 1.29 is 5.11 Å². The predicted molar refractivity (Wildman–Crippen MR) is 66.6 cm³/mol. The number of aromatic nitrogens is 2. The molecule has 0 spiro atoms. The molecule has 1 aliphatic rings. The molecule has 1 saturated carbocycles. The number of hydrogen-bond donors (Lipinski definition) is 1. The van der Waals surface area contributed by atoms with E-state index in [1.54, 1.807) is 0 Å². The predicted octanol–water partition coefficient (Wildman–Crippen LogP) is 2.65. The largest absolute Gasteiger partial charge is 0.392 e. The van der Waals surface area contributed by atoms with Crippen LogP contribution in [0.2, 0.25) is 0 Å². The van der Waals surface area contributed by atoms with Gasteiger partial charge in [0.25, 0.3) is 0 Å². The van der Waals surface area contributed by atoms with Gasteiger partial charge in [0.2, 0.25) is 0 Å². The molecule has 4 heteroatoms. The van der Waals surface area contributed by atoms with Crippen molar-refractivity contribution in [3.8, 4) is 0 Å². The third-order valence-electron chi connectivity index (χ3n) is 3.28. The average Bonchev–Trinajstić information content (AvgIpc) is 2.55. The maximum atomic E-state index is 9.38. The summed E-state index contributed by atoms with van der Waals surface area (Å²) in [5, 5.41) is 15.6. The van der Waals surface area contributed by atoms with Gasteiger partial charge in [-0.05, 0) is 19.8 Å². The van der Waals surface area contributed by atoms with Crippen molar-refractivity contribution in [2.75, 3.05) is 0 Å².